The number of rotatable bonds is 2. The first kappa shape index (κ1) is 11.9. The Balaban J connectivity index is 2.22. The lowest BCUT2D eigenvalue weighted by molar-refractivity contribution is 0.102. The second-order valence-corrected chi connectivity index (χ2v) is 3.90. The number of benzene rings is 1. The molecule has 0 unspecified atom stereocenters. The SMILES string of the molecule is Cc1cccc(C(=O)Nc2ccc(N)cn2)c1O. The molecule has 0 saturated heterocycles. The van der Waals surface area contributed by atoms with E-state index >= 15 is 0 Å². The number of para-hydroxylation sites is 1. The molecule has 18 heavy (non-hydrogen) atoms. The van der Waals surface area contributed by atoms with Gasteiger partial charge in [-0.15, -0.1) is 0 Å². The van der Waals surface area contributed by atoms with Crippen molar-refractivity contribution in [1.82, 2.24) is 4.98 Å². The maximum Gasteiger partial charge on any atom is 0.260 e. The molecule has 0 fully saturated rings. The summed E-state index contributed by atoms with van der Waals surface area (Å²) in [6.45, 7) is 1.73. The largest absolute Gasteiger partial charge is 0.507 e. The number of nitrogens with one attached hydrogen (secondary N) is 1. The van der Waals surface area contributed by atoms with Gasteiger partial charge in [-0.3, -0.25) is 4.79 Å². The van der Waals surface area contributed by atoms with Crippen molar-refractivity contribution in [2.45, 2.75) is 6.92 Å². The lowest BCUT2D eigenvalue weighted by atomic mass is 10.1. The summed E-state index contributed by atoms with van der Waals surface area (Å²) in [5.41, 5.74) is 6.88. The zero-order valence-electron chi connectivity index (χ0n) is 9.84. The van der Waals surface area contributed by atoms with Crippen LogP contribution in [0.5, 0.6) is 5.75 Å². The van der Waals surface area contributed by atoms with E-state index in [4.69, 9.17) is 5.73 Å². The molecule has 0 spiro atoms. The molecule has 4 N–H and O–H groups in total. The summed E-state index contributed by atoms with van der Waals surface area (Å²) in [6, 6.07) is 8.22. The van der Waals surface area contributed by atoms with Gasteiger partial charge in [-0.1, -0.05) is 12.1 Å². The number of nitrogen functional groups attached to an aromatic ring is 1. The highest BCUT2D eigenvalue weighted by Crippen LogP contribution is 2.22. The topological polar surface area (TPSA) is 88.2 Å². The van der Waals surface area contributed by atoms with Crippen LogP contribution in [0.15, 0.2) is 36.5 Å². The van der Waals surface area contributed by atoms with Crippen molar-refractivity contribution in [3.8, 4) is 5.75 Å². The first-order valence-electron chi connectivity index (χ1n) is 5.39. The summed E-state index contributed by atoms with van der Waals surface area (Å²) in [5, 5.41) is 12.4. The van der Waals surface area contributed by atoms with E-state index < -0.39 is 5.91 Å². The van der Waals surface area contributed by atoms with E-state index in [1.54, 1.807) is 37.3 Å². The highest BCUT2D eigenvalue weighted by Gasteiger charge is 2.12. The molecule has 2 rings (SSSR count). The minimum absolute atomic E-state index is 0.0227. The number of hydrogen-bond acceptors (Lipinski definition) is 4. The Morgan fingerprint density at radius 1 is 1.33 bits per heavy atom. The Kier molecular flexibility index (Phi) is 3.14. The Morgan fingerprint density at radius 3 is 2.78 bits per heavy atom. The number of anilines is 2. The van der Waals surface area contributed by atoms with Gasteiger partial charge in [-0.2, -0.15) is 0 Å². The van der Waals surface area contributed by atoms with E-state index in [1.807, 2.05) is 0 Å². The van der Waals surface area contributed by atoms with Gasteiger partial charge in [0.15, 0.2) is 0 Å². The van der Waals surface area contributed by atoms with Crippen molar-refractivity contribution in [3.05, 3.63) is 47.7 Å². The summed E-state index contributed by atoms with van der Waals surface area (Å²) in [7, 11) is 0. The number of phenols is 1. The van der Waals surface area contributed by atoms with Crippen LogP contribution in [0.1, 0.15) is 15.9 Å². The predicted octanol–water partition coefficient (Wildman–Crippen LogP) is 1.93. The molecule has 0 bridgehead atoms. The van der Waals surface area contributed by atoms with Crippen molar-refractivity contribution in [3.63, 3.8) is 0 Å². The molecule has 0 aliphatic heterocycles. The second kappa shape index (κ2) is 4.75. The Labute approximate surface area is 104 Å². The van der Waals surface area contributed by atoms with Crippen LogP contribution in [-0.2, 0) is 0 Å². The standard InChI is InChI=1S/C13H13N3O2/c1-8-3-2-4-10(12(8)17)13(18)16-11-6-5-9(14)7-15-11/h2-7,17H,14H2,1H3,(H,15,16,18). The van der Waals surface area contributed by atoms with Gasteiger partial charge in [0.2, 0.25) is 0 Å². The third-order valence-electron chi connectivity index (χ3n) is 2.51. The van der Waals surface area contributed by atoms with Gasteiger partial charge in [0.05, 0.1) is 17.4 Å². The number of amides is 1. The first-order chi connectivity index (χ1) is 8.58. The van der Waals surface area contributed by atoms with Gasteiger partial charge < -0.3 is 16.2 Å². The molecule has 2 aromatic rings. The van der Waals surface area contributed by atoms with Crippen LogP contribution in [0.3, 0.4) is 0 Å². The fourth-order valence-corrected chi connectivity index (χ4v) is 1.51. The number of aryl methyl sites for hydroxylation is 1. The van der Waals surface area contributed by atoms with Crippen LogP contribution >= 0.6 is 0 Å². The van der Waals surface area contributed by atoms with Crippen LogP contribution in [0, 0.1) is 6.92 Å². The van der Waals surface area contributed by atoms with Crippen molar-refractivity contribution >= 4 is 17.4 Å². The fraction of sp³-hybridized carbons (Fsp3) is 0.0769. The van der Waals surface area contributed by atoms with Crippen molar-refractivity contribution in [2.24, 2.45) is 0 Å². The normalized spacial score (nSPS) is 10.1. The molecule has 0 radical (unpaired) electrons. The van der Waals surface area contributed by atoms with Gasteiger partial charge >= 0.3 is 0 Å². The zero-order valence-corrected chi connectivity index (χ0v) is 9.84. The maximum absolute atomic E-state index is 11.9. The van der Waals surface area contributed by atoms with Crippen LogP contribution in [0.4, 0.5) is 11.5 Å². The number of phenolic OH excluding ortho intramolecular Hbond substituents is 1. The van der Waals surface area contributed by atoms with Gasteiger partial charge in [-0.05, 0) is 30.7 Å². The summed E-state index contributed by atoms with van der Waals surface area (Å²) < 4.78 is 0. The number of nitrogens with two attached hydrogens (primary N) is 1. The molecule has 0 atom stereocenters. The Hall–Kier alpha value is -2.56. The minimum atomic E-state index is -0.409. The number of hydrogen-bond donors (Lipinski definition) is 3. The number of pyridine rings is 1. The van der Waals surface area contributed by atoms with Crippen molar-refractivity contribution < 1.29 is 9.90 Å². The third kappa shape index (κ3) is 2.40. The third-order valence-corrected chi connectivity index (χ3v) is 2.51. The Morgan fingerprint density at radius 2 is 2.11 bits per heavy atom. The molecule has 0 aliphatic carbocycles. The van der Waals surface area contributed by atoms with Gasteiger partial charge in [-0.25, -0.2) is 4.98 Å². The maximum atomic E-state index is 11.9. The molecular formula is C13H13N3O2. The highest BCUT2D eigenvalue weighted by molar-refractivity contribution is 6.05. The van der Waals surface area contributed by atoms with E-state index in [0.29, 0.717) is 17.1 Å². The van der Waals surface area contributed by atoms with Crippen molar-refractivity contribution in [1.29, 1.82) is 0 Å². The lowest BCUT2D eigenvalue weighted by Gasteiger charge is -2.07. The summed E-state index contributed by atoms with van der Waals surface area (Å²) in [5.74, 6) is -0.0472. The van der Waals surface area contributed by atoms with E-state index in [0.717, 1.165) is 0 Å². The molecule has 92 valence electrons. The molecule has 0 aliphatic rings. The summed E-state index contributed by atoms with van der Waals surface area (Å²) >= 11 is 0. The monoisotopic (exact) mass is 243 g/mol. The Bertz CT molecular complexity index is 579. The molecule has 1 heterocycles. The molecular weight excluding hydrogens is 230 g/mol. The first-order valence-corrected chi connectivity index (χ1v) is 5.39. The molecule has 0 saturated carbocycles. The average molecular weight is 243 g/mol. The van der Waals surface area contributed by atoms with Crippen LogP contribution < -0.4 is 11.1 Å². The highest BCUT2D eigenvalue weighted by atomic mass is 16.3. The molecule has 1 aromatic carbocycles. The van der Waals surface area contributed by atoms with E-state index in [9.17, 15) is 9.90 Å². The number of aromatic hydroxyl groups is 1. The van der Waals surface area contributed by atoms with Gasteiger partial charge in [0, 0.05) is 0 Å². The lowest BCUT2D eigenvalue weighted by Crippen LogP contribution is -2.13. The van der Waals surface area contributed by atoms with Crippen molar-refractivity contribution in [2.75, 3.05) is 11.1 Å². The van der Waals surface area contributed by atoms with Gasteiger partial charge in [0.1, 0.15) is 11.6 Å². The van der Waals surface area contributed by atoms with E-state index in [1.165, 1.54) is 6.20 Å². The number of carbonyl (C=O) groups excluding carboxylic acids is 1. The molecule has 5 nitrogen and oxygen atoms in total. The number of aromatic nitrogens is 1. The van der Waals surface area contributed by atoms with Crippen LogP contribution in [0.2, 0.25) is 0 Å². The predicted molar refractivity (Wildman–Crippen MR) is 69.4 cm³/mol. The fourth-order valence-electron chi connectivity index (χ4n) is 1.51. The zero-order chi connectivity index (χ0) is 13.1. The molecule has 1 amide bonds. The number of carbonyl (C=O) groups is 1. The molecule has 1 aromatic heterocycles. The second-order valence-electron chi connectivity index (χ2n) is 3.90. The minimum Gasteiger partial charge on any atom is -0.507 e. The average Bonchev–Trinajstić information content (AvgIpc) is 2.35. The van der Waals surface area contributed by atoms with Crippen LogP contribution in [-0.4, -0.2) is 16.0 Å². The van der Waals surface area contributed by atoms with E-state index in [-0.39, 0.29) is 11.3 Å². The smallest absolute Gasteiger partial charge is 0.260 e. The van der Waals surface area contributed by atoms with Gasteiger partial charge in [0.25, 0.3) is 5.91 Å². The summed E-state index contributed by atoms with van der Waals surface area (Å²) in [4.78, 5) is 15.9. The number of nitrogens with zero attached hydrogens (tertiary/aromatic N) is 1. The van der Waals surface area contributed by atoms with Crippen LogP contribution in [0.25, 0.3) is 0 Å². The summed E-state index contributed by atoms with van der Waals surface area (Å²) in [6.07, 6.45) is 1.45. The van der Waals surface area contributed by atoms with E-state index in [2.05, 4.69) is 10.3 Å². The molecule has 5 heteroatoms. The quantitative estimate of drug-likeness (QED) is 0.752.